The Hall–Kier alpha value is -7.00. The molecule has 0 amide bonds. The Morgan fingerprint density at radius 1 is 0.573 bits per heavy atom. The van der Waals surface area contributed by atoms with Crippen molar-refractivity contribution in [1.82, 2.24) is 0 Å². The molecule has 1 aliphatic rings. The molecular weight excluding hydrogens is 1140 g/mol. The van der Waals surface area contributed by atoms with Gasteiger partial charge in [0, 0.05) is 80.5 Å². The molecule has 0 atom stereocenters. The summed E-state index contributed by atoms with van der Waals surface area (Å²) in [4.78, 5) is 2.10. The van der Waals surface area contributed by atoms with Crippen molar-refractivity contribution in [3.63, 3.8) is 0 Å². The first-order valence-electron chi connectivity index (χ1n) is 26.2. The van der Waals surface area contributed by atoms with E-state index in [4.69, 9.17) is 44.4 Å². The molecular formula is C69H80BrClFNO8S. The number of ether oxygens (including phenoxy) is 7. The second-order valence-electron chi connectivity index (χ2n) is 18.4. The van der Waals surface area contributed by atoms with Crippen molar-refractivity contribution in [2.24, 2.45) is 0 Å². The third kappa shape index (κ3) is 26.7. The number of para-hydroxylation sites is 1. The molecule has 10 aromatic rings. The van der Waals surface area contributed by atoms with Crippen LogP contribution < -0.4 is 19.1 Å². The second kappa shape index (κ2) is 40.2. The molecule has 9 nitrogen and oxygen atoms in total. The first-order valence-corrected chi connectivity index (χ1v) is 28.3. The number of aryl methyl sites for hydroxylation is 5. The fourth-order valence-electron chi connectivity index (χ4n) is 7.07. The summed E-state index contributed by atoms with van der Waals surface area (Å²) >= 11 is 10.9. The second-order valence-corrected chi connectivity index (χ2v) is 20.6. The molecule has 0 radical (unpaired) electrons. The van der Waals surface area contributed by atoms with Crippen LogP contribution in [0, 0.1) is 40.4 Å². The number of hydrogen-bond acceptors (Lipinski definition) is 10. The maximum atomic E-state index is 12.9. The number of hydrogen-bond donors (Lipinski definition) is 0. The zero-order valence-electron chi connectivity index (χ0n) is 49.6. The van der Waals surface area contributed by atoms with Crippen LogP contribution in [-0.2, 0) is 38.8 Å². The smallest absolute Gasteiger partial charge is 0.231 e. The van der Waals surface area contributed by atoms with Gasteiger partial charge in [0.25, 0.3) is 0 Å². The Bertz CT molecular complexity index is 3220. The molecule has 0 spiro atoms. The lowest BCUT2D eigenvalue weighted by Gasteiger charge is -2.11. The number of benzene rings is 8. The molecule has 13 heteroatoms. The van der Waals surface area contributed by atoms with Gasteiger partial charge in [-0.15, -0.1) is 11.3 Å². The summed E-state index contributed by atoms with van der Waals surface area (Å²) < 4.78 is 54.9. The number of anilines is 1. The minimum Gasteiger partial charge on any atom is -0.497 e. The lowest BCUT2D eigenvalue weighted by Crippen LogP contribution is -2.07. The summed E-state index contributed by atoms with van der Waals surface area (Å²) in [6, 6.07) is 63.6. The lowest BCUT2D eigenvalue weighted by molar-refractivity contribution is 0.174. The Kier molecular flexibility index (Phi) is 34.0. The molecule has 11 rings (SSSR count). The van der Waals surface area contributed by atoms with Gasteiger partial charge in [-0.05, 0) is 140 Å². The summed E-state index contributed by atoms with van der Waals surface area (Å²) in [5.74, 6) is 3.28. The number of methoxy groups -OCH3 is 5. The molecule has 1 aliphatic heterocycles. The molecule has 2 aromatic heterocycles. The number of halogens is 3. The number of fused-ring (bicyclic) bond motifs is 3. The monoisotopic (exact) mass is 1220 g/mol. The molecule has 3 heterocycles. The van der Waals surface area contributed by atoms with Crippen molar-refractivity contribution >= 4 is 65.6 Å². The Balaban J connectivity index is 0.000000244. The van der Waals surface area contributed by atoms with Crippen LogP contribution >= 0.6 is 38.9 Å². The number of rotatable bonds is 8. The number of nitrogens with zero attached hydrogens (tertiary/aromatic N) is 1. The van der Waals surface area contributed by atoms with Crippen LogP contribution in [0.25, 0.3) is 21.1 Å². The van der Waals surface area contributed by atoms with Crippen LogP contribution in [0.4, 0.5) is 10.1 Å². The first-order chi connectivity index (χ1) is 39.6. The minimum absolute atomic E-state index is 0.214. The van der Waals surface area contributed by atoms with Gasteiger partial charge in [0.05, 0.1) is 26.9 Å². The molecule has 82 heavy (non-hydrogen) atoms. The van der Waals surface area contributed by atoms with Crippen molar-refractivity contribution in [2.45, 2.75) is 54.4 Å². The van der Waals surface area contributed by atoms with Crippen LogP contribution in [0.3, 0.4) is 0 Å². The molecule has 0 fully saturated rings. The van der Waals surface area contributed by atoms with Gasteiger partial charge >= 0.3 is 0 Å². The van der Waals surface area contributed by atoms with Crippen LogP contribution in [-0.4, -0.2) is 63.5 Å². The fraction of sp³-hybridized carbons (Fsp3) is 0.246. The van der Waals surface area contributed by atoms with E-state index in [0.717, 1.165) is 33.1 Å². The standard InChI is InChI=1S/C9H13N.C9H8O.C9H8S.C8H9BrO.C8H8ClFO.C8H8O2.2C8H10O.C2H6O/c1-8-4-6-9(7-5-8)10(2)3;1-7-6-8-4-2-3-5-9(8)10-7;1-7-6-10-9-5-3-2-4-8(7)9;1-10-6-7-4-2-3-5-8(7)9;1-11-5-6-7(9)3-2-4-8(6)10;1-6-2-3-7-8(4-6)10-5-9-7;1-7-3-5-8(9-2)6-4-7;1-9-7-8-5-3-2-4-6-8;1-3-2/h4-7H,1-3H3;2*2-6H,1H3;2-5H,6H2,1H3;2-4H,5H2,1H3;2-4H,5H2,1H3;3-6H,1-2H3;2-6H,7H2,1H3;1-2H3. The number of furan rings is 1. The summed E-state index contributed by atoms with van der Waals surface area (Å²) in [6.07, 6.45) is 0. The molecule has 0 saturated carbocycles. The van der Waals surface area contributed by atoms with Crippen LogP contribution in [0.15, 0.2) is 208 Å². The summed E-state index contributed by atoms with van der Waals surface area (Å²) in [5, 5.41) is 5.18. The lowest BCUT2D eigenvalue weighted by atomic mass is 10.2. The van der Waals surface area contributed by atoms with Gasteiger partial charge in [-0.25, -0.2) is 4.39 Å². The van der Waals surface area contributed by atoms with E-state index in [1.54, 1.807) is 47.7 Å². The van der Waals surface area contributed by atoms with Gasteiger partial charge in [0.1, 0.15) is 22.9 Å². The van der Waals surface area contributed by atoms with Crippen molar-refractivity contribution < 1.29 is 42.0 Å². The van der Waals surface area contributed by atoms with Gasteiger partial charge in [-0.2, -0.15) is 0 Å². The van der Waals surface area contributed by atoms with Crippen molar-refractivity contribution in [3.8, 4) is 17.2 Å². The van der Waals surface area contributed by atoms with Gasteiger partial charge in [0.2, 0.25) is 6.79 Å². The molecule has 0 bridgehead atoms. The van der Waals surface area contributed by atoms with E-state index in [2.05, 4.69) is 100 Å². The van der Waals surface area contributed by atoms with Crippen LogP contribution in [0.2, 0.25) is 5.02 Å². The number of thiophene rings is 1. The predicted octanol–water partition coefficient (Wildman–Crippen LogP) is 19.1. The van der Waals surface area contributed by atoms with Crippen molar-refractivity contribution in [2.75, 3.05) is 68.4 Å². The van der Waals surface area contributed by atoms with E-state index in [9.17, 15) is 4.39 Å². The third-order valence-electron chi connectivity index (χ3n) is 11.3. The van der Waals surface area contributed by atoms with E-state index in [0.29, 0.717) is 30.6 Å². The summed E-state index contributed by atoms with van der Waals surface area (Å²) in [7, 11) is 13.9. The molecule has 0 saturated heterocycles. The molecule has 0 N–H and O–H groups in total. The normalized spacial score (nSPS) is 10.2. The maximum Gasteiger partial charge on any atom is 0.231 e. The van der Waals surface area contributed by atoms with E-state index in [-0.39, 0.29) is 12.4 Å². The highest BCUT2D eigenvalue weighted by Gasteiger charge is 2.11. The van der Waals surface area contributed by atoms with E-state index in [1.165, 1.54) is 67.7 Å². The average Bonchev–Trinajstić information content (AvgIpc) is 4.35. The highest BCUT2D eigenvalue weighted by molar-refractivity contribution is 9.10. The maximum absolute atomic E-state index is 12.9. The molecule has 0 unspecified atom stereocenters. The summed E-state index contributed by atoms with van der Waals surface area (Å²) in [6.45, 7) is 12.2. The van der Waals surface area contributed by atoms with Gasteiger partial charge in [0.15, 0.2) is 11.5 Å². The Morgan fingerprint density at radius 3 is 1.74 bits per heavy atom. The average molecular weight is 1220 g/mol. The third-order valence-corrected chi connectivity index (χ3v) is 13.5. The van der Waals surface area contributed by atoms with E-state index >= 15 is 0 Å². The molecule has 436 valence electrons. The largest absolute Gasteiger partial charge is 0.497 e. The van der Waals surface area contributed by atoms with Gasteiger partial charge in [-0.3, -0.25) is 0 Å². The predicted molar refractivity (Wildman–Crippen MR) is 345 cm³/mol. The van der Waals surface area contributed by atoms with Crippen molar-refractivity contribution in [1.29, 1.82) is 0 Å². The highest BCUT2D eigenvalue weighted by atomic mass is 79.9. The fourth-order valence-corrected chi connectivity index (χ4v) is 8.63. The van der Waals surface area contributed by atoms with Crippen molar-refractivity contribution in [3.05, 3.63) is 260 Å². The summed E-state index contributed by atoms with van der Waals surface area (Å²) in [5.41, 5.74) is 10.2. The van der Waals surface area contributed by atoms with Gasteiger partial charge in [-0.1, -0.05) is 160 Å². The Morgan fingerprint density at radius 2 is 1.15 bits per heavy atom. The van der Waals surface area contributed by atoms with Crippen LogP contribution in [0.1, 0.15) is 44.7 Å². The Labute approximate surface area is 504 Å². The zero-order valence-corrected chi connectivity index (χ0v) is 52.8. The van der Waals surface area contributed by atoms with E-state index < -0.39 is 0 Å². The topological polar surface area (TPSA) is 81.0 Å². The quantitative estimate of drug-likeness (QED) is 0.148. The first kappa shape index (κ1) is 69.3. The molecule has 8 aromatic carbocycles. The SMILES string of the molecule is COC.COCc1c(F)cccc1Cl.COCc1ccccc1.COCc1ccccc1Br.COc1ccc(C)cc1.Cc1cc2ccccc2o1.Cc1ccc(N(C)C)cc1.Cc1ccc2c(c1)OCO2.Cc1csc2ccccc12. The van der Waals surface area contributed by atoms with Crippen LogP contribution in [0.5, 0.6) is 17.2 Å². The molecule has 0 aliphatic carbocycles. The zero-order chi connectivity index (χ0) is 60.1. The highest BCUT2D eigenvalue weighted by Crippen LogP contribution is 2.32. The minimum atomic E-state index is -0.320. The van der Waals surface area contributed by atoms with Gasteiger partial charge < -0.3 is 42.5 Å². The van der Waals surface area contributed by atoms with E-state index in [1.807, 2.05) is 167 Å².